The lowest BCUT2D eigenvalue weighted by Crippen LogP contribution is -2.36. The maximum Gasteiger partial charge on any atom is 0.233 e. The lowest BCUT2D eigenvalue weighted by atomic mass is 10.1. The van der Waals surface area contributed by atoms with Crippen LogP contribution in [-0.4, -0.2) is 55.1 Å². The minimum Gasteiger partial charge on any atom is -0.489 e. The molecule has 3 aromatic rings. The van der Waals surface area contributed by atoms with E-state index in [1.807, 2.05) is 32.0 Å². The van der Waals surface area contributed by atoms with Gasteiger partial charge < -0.3 is 9.47 Å². The Bertz CT molecular complexity index is 1360. The number of carbonyl (C=O) groups is 1. The summed E-state index contributed by atoms with van der Waals surface area (Å²) in [5.41, 5.74) is 4.88. The lowest BCUT2D eigenvalue weighted by molar-refractivity contribution is -0.154. The van der Waals surface area contributed by atoms with Crippen LogP contribution in [0.25, 0.3) is 10.9 Å². The van der Waals surface area contributed by atoms with Crippen molar-refractivity contribution in [1.29, 1.82) is 0 Å². The van der Waals surface area contributed by atoms with Gasteiger partial charge >= 0.3 is 0 Å². The van der Waals surface area contributed by atoms with Crippen LogP contribution in [0.5, 0.6) is 5.75 Å². The molecule has 1 saturated heterocycles. The van der Waals surface area contributed by atoms with Crippen molar-refractivity contribution in [2.75, 3.05) is 19.0 Å². The number of aromatic nitrogens is 1. The molecule has 1 unspecified atom stereocenters. The van der Waals surface area contributed by atoms with Crippen molar-refractivity contribution in [1.82, 2.24) is 10.0 Å². The lowest BCUT2D eigenvalue weighted by Gasteiger charge is -2.22. The van der Waals surface area contributed by atoms with E-state index in [0.717, 1.165) is 33.3 Å². The Morgan fingerprint density at radius 1 is 1.11 bits per heavy atom. The van der Waals surface area contributed by atoms with Crippen LogP contribution in [0.15, 0.2) is 65.1 Å². The maximum atomic E-state index is 13.1. The third-order valence-corrected chi connectivity index (χ3v) is 7.93. The molecule has 9 heteroatoms. The molecule has 1 aliphatic rings. The predicted molar refractivity (Wildman–Crippen MR) is 136 cm³/mol. The molecule has 8 nitrogen and oxygen atoms in total. The SMILES string of the molecule is Cc1ccc2nc(C)cc(COc3ccc(S(=O)(=O)CC(C=C4CCOCC4)N(O)C=O)cc3)c2c1. The molecule has 0 bridgehead atoms. The Hall–Kier alpha value is -3.27. The molecule has 2 aromatic carbocycles. The van der Waals surface area contributed by atoms with E-state index in [0.29, 0.717) is 43.5 Å². The largest absolute Gasteiger partial charge is 0.489 e. The standard InChI is InChI=1S/C27H30N2O6S/c1-19-3-8-27-26(13-19)22(14-20(2)28-27)16-35-24-4-6-25(7-5-24)36(32,33)17-23(29(31)18-30)15-21-9-11-34-12-10-21/h3-8,13-15,18,23,31H,9-12,16-17H2,1-2H3. The number of hydrogen-bond donors (Lipinski definition) is 1. The van der Waals surface area contributed by atoms with Gasteiger partial charge in [-0.2, -0.15) is 0 Å². The number of sulfone groups is 1. The number of fused-ring (bicyclic) bond motifs is 1. The number of pyridine rings is 1. The summed E-state index contributed by atoms with van der Waals surface area (Å²) in [5, 5.41) is 11.4. The molecule has 1 atom stereocenters. The number of benzene rings is 2. The Kier molecular flexibility index (Phi) is 8.03. The van der Waals surface area contributed by atoms with Gasteiger partial charge in [0.1, 0.15) is 12.4 Å². The van der Waals surface area contributed by atoms with E-state index in [2.05, 4.69) is 11.1 Å². The highest BCUT2D eigenvalue weighted by molar-refractivity contribution is 7.91. The molecule has 1 amide bonds. The average Bonchev–Trinajstić information content (AvgIpc) is 2.87. The second-order valence-electron chi connectivity index (χ2n) is 8.97. The van der Waals surface area contributed by atoms with Crippen LogP contribution in [0.2, 0.25) is 0 Å². The van der Waals surface area contributed by atoms with Gasteiger partial charge in [0, 0.05) is 16.6 Å². The Balaban J connectivity index is 1.48. The molecule has 190 valence electrons. The van der Waals surface area contributed by atoms with Gasteiger partial charge in [-0.05, 0) is 69.2 Å². The Morgan fingerprint density at radius 3 is 2.53 bits per heavy atom. The molecule has 0 aliphatic carbocycles. The van der Waals surface area contributed by atoms with E-state index < -0.39 is 21.6 Å². The first-order valence-corrected chi connectivity index (χ1v) is 13.4. The van der Waals surface area contributed by atoms with Gasteiger partial charge in [0.15, 0.2) is 9.84 Å². The second-order valence-corrected chi connectivity index (χ2v) is 11.0. The van der Waals surface area contributed by atoms with Crippen molar-refractivity contribution in [3.05, 3.63) is 77.0 Å². The number of rotatable bonds is 9. The topological polar surface area (TPSA) is 106 Å². The molecule has 4 rings (SSSR count). The molecule has 2 heterocycles. The zero-order valence-electron chi connectivity index (χ0n) is 20.4. The Morgan fingerprint density at radius 2 is 1.83 bits per heavy atom. The Labute approximate surface area is 211 Å². The van der Waals surface area contributed by atoms with Gasteiger partial charge in [0.25, 0.3) is 0 Å². The number of hydrogen-bond acceptors (Lipinski definition) is 7. The summed E-state index contributed by atoms with van der Waals surface area (Å²) in [6, 6.07) is 13.3. The normalized spacial score (nSPS) is 14.9. The number of nitrogens with zero attached hydrogens (tertiary/aromatic N) is 2. The predicted octanol–water partition coefficient (Wildman–Crippen LogP) is 4.16. The number of aryl methyl sites for hydroxylation is 2. The highest BCUT2D eigenvalue weighted by Crippen LogP contribution is 2.24. The number of ether oxygens (including phenoxy) is 2. The van der Waals surface area contributed by atoms with Crippen LogP contribution < -0.4 is 4.74 Å². The van der Waals surface area contributed by atoms with E-state index in [1.165, 1.54) is 12.1 Å². The van der Waals surface area contributed by atoms with Gasteiger partial charge in [-0.3, -0.25) is 15.0 Å². The van der Waals surface area contributed by atoms with E-state index in [9.17, 15) is 18.4 Å². The van der Waals surface area contributed by atoms with Crippen LogP contribution in [0.1, 0.15) is 29.7 Å². The molecule has 0 radical (unpaired) electrons. The number of hydroxylamine groups is 2. The van der Waals surface area contributed by atoms with Crippen LogP contribution in [0, 0.1) is 13.8 Å². The minimum atomic E-state index is -3.79. The molecule has 0 saturated carbocycles. The molecular formula is C27H30N2O6S. The second kappa shape index (κ2) is 11.2. The molecule has 0 spiro atoms. The van der Waals surface area contributed by atoms with Crippen molar-refractivity contribution in [2.45, 2.75) is 44.2 Å². The first kappa shape index (κ1) is 25.8. The van der Waals surface area contributed by atoms with Crippen LogP contribution >= 0.6 is 0 Å². The summed E-state index contributed by atoms with van der Waals surface area (Å²) < 4.78 is 37.4. The van der Waals surface area contributed by atoms with E-state index in [1.54, 1.807) is 18.2 Å². The maximum absolute atomic E-state index is 13.1. The fourth-order valence-electron chi connectivity index (χ4n) is 4.25. The fraction of sp³-hybridized carbons (Fsp3) is 0.333. The summed E-state index contributed by atoms with van der Waals surface area (Å²) in [6.07, 6.45) is 3.15. The van der Waals surface area contributed by atoms with Crippen molar-refractivity contribution in [3.63, 3.8) is 0 Å². The van der Waals surface area contributed by atoms with Gasteiger partial charge in [-0.1, -0.05) is 23.3 Å². The third-order valence-electron chi connectivity index (χ3n) is 6.16. The van der Waals surface area contributed by atoms with Gasteiger partial charge in [-0.25, -0.2) is 13.5 Å². The molecule has 1 aromatic heterocycles. The summed E-state index contributed by atoms with van der Waals surface area (Å²) in [5.74, 6) is 0.0933. The van der Waals surface area contributed by atoms with Crippen molar-refractivity contribution < 1.29 is 27.9 Å². The summed E-state index contributed by atoms with van der Waals surface area (Å²) in [7, 11) is -3.79. The highest BCUT2D eigenvalue weighted by Gasteiger charge is 2.25. The first-order chi connectivity index (χ1) is 17.2. The van der Waals surface area contributed by atoms with Gasteiger partial charge in [-0.15, -0.1) is 0 Å². The minimum absolute atomic E-state index is 0.0883. The van der Waals surface area contributed by atoms with Crippen molar-refractivity contribution in [2.24, 2.45) is 0 Å². The summed E-state index contributed by atoms with van der Waals surface area (Å²) in [6.45, 7) is 5.35. The van der Waals surface area contributed by atoms with E-state index in [4.69, 9.17) is 9.47 Å². The first-order valence-electron chi connectivity index (χ1n) is 11.8. The molecule has 36 heavy (non-hydrogen) atoms. The van der Waals surface area contributed by atoms with E-state index in [-0.39, 0.29) is 11.3 Å². The van der Waals surface area contributed by atoms with Gasteiger partial charge in [0.2, 0.25) is 6.41 Å². The highest BCUT2D eigenvalue weighted by atomic mass is 32.2. The zero-order chi connectivity index (χ0) is 25.7. The fourth-order valence-corrected chi connectivity index (χ4v) is 5.69. The van der Waals surface area contributed by atoms with Crippen molar-refractivity contribution in [3.8, 4) is 5.75 Å². The molecule has 1 aliphatic heterocycles. The van der Waals surface area contributed by atoms with Crippen molar-refractivity contribution >= 4 is 27.2 Å². The summed E-state index contributed by atoms with van der Waals surface area (Å²) >= 11 is 0. The quantitative estimate of drug-likeness (QED) is 0.199. The molecular weight excluding hydrogens is 480 g/mol. The monoisotopic (exact) mass is 510 g/mol. The number of amides is 1. The summed E-state index contributed by atoms with van der Waals surface area (Å²) in [4.78, 5) is 15.8. The average molecular weight is 511 g/mol. The molecule has 1 fully saturated rings. The van der Waals surface area contributed by atoms with Crippen LogP contribution in [0.4, 0.5) is 0 Å². The van der Waals surface area contributed by atoms with E-state index >= 15 is 0 Å². The van der Waals surface area contributed by atoms with Crippen LogP contribution in [0.3, 0.4) is 0 Å². The number of carbonyl (C=O) groups excluding carboxylic acids is 1. The zero-order valence-corrected chi connectivity index (χ0v) is 21.2. The smallest absolute Gasteiger partial charge is 0.233 e. The van der Waals surface area contributed by atoms with Gasteiger partial charge in [0.05, 0.1) is 35.4 Å². The third kappa shape index (κ3) is 6.29. The molecule has 1 N–H and O–H groups in total. The van der Waals surface area contributed by atoms with Crippen LogP contribution in [-0.2, 0) is 26.0 Å².